The molecule has 100 valence electrons. The van der Waals surface area contributed by atoms with Gasteiger partial charge in [0, 0.05) is 5.69 Å². The lowest BCUT2D eigenvalue weighted by molar-refractivity contribution is 0.381. The zero-order valence-electron chi connectivity index (χ0n) is 9.14. The van der Waals surface area contributed by atoms with Crippen molar-refractivity contribution in [2.45, 2.75) is 6.92 Å². The number of rotatable bonds is 3. The Labute approximate surface area is 108 Å². The Morgan fingerprint density at radius 3 is 2.00 bits per heavy atom. The van der Waals surface area contributed by atoms with Gasteiger partial charge in [0.25, 0.3) is 0 Å². The Hall–Kier alpha value is -0.590. The van der Waals surface area contributed by atoms with Gasteiger partial charge in [-0.1, -0.05) is 12.2 Å². The number of nitrogens with one attached hydrogen (secondary N) is 1. The molecule has 1 rings (SSSR count). The van der Waals surface area contributed by atoms with Crippen LogP contribution in [0.3, 0.4) is 0 Å². The molecule has 10 heteroatoms. The average molecular weight is 311 g/mol. The monoisotopic (exact) mass is 311 g/mol. The minimum Gasteiger partial charge on any atom is -0.350 e. The van der Waals surface area contributed by atoms with Gasteiger partial charge in [-0.2, -0.15) is 0 Å². The van der Waals surface area contributed by atoms with E-state index in [-0.39, 0.29) is 5.69 Å². The third-order valence-electron chi connectivity index (χ3n) is 1.92. The van der Waals surface area contributed by atoms with E-state index < -0.39 is 25.8 Å². The summed E-state index contributed by atoms with van der Waals surface area (Å²) >= 11 is 4.76. The van der Waals surface area contributed by atoms with Gasteiger partial charge in [0.2, 0.25) is 0 Å². The Morgan fingerprint density at radius 1 is 1.11 bits per heavy atom. The number of anilines is 1. The van der Waals surface area contributed by atoms with Crippen LogP contribution in [0, 0.1) is 0 Å². The SMILES string of the molecule is CC(=S)Nc1ccc(P(=O)(O)O)c(P(=O)(O)O)c1. The predicted octanol–water partition coefficient (Wildman–Crippen LogP) is 0.0518. The molecular weight excluding hydrogens is 300 g/mol. The fourth-order valence-electron chi connectivity index (χ4n) is 1.28. The van der Waals surface area contributed by atoms with Crippen LogP contribution in [0.2, 0.25) is 0 Å². The van der Waals surface area contributed by atoms with Crippen LogP contribution >= 0.6 is 27.4 Å². The highest BCUT2D eigenvalue weighted by Gasteiger charge is 2.30. The van der Waals surface area contributed by atoms with E-state index in [9.17, 15) is 9.13 Å². The van der Waals surface area contributed by atoms with Crippen LogP contribution in [-0.4, -0.2) is 24.6 Å². The van der Waals surface area contributed by atoms with Crippen molar-refractivity contribution in [2.24, 2.45) is 0 Å². The van der Waals surface area contributed by atoms with Gasteiger partial charge >= 0.3 is 15.2 Å². The van der Waals surface area contributed by atoms with E-state index in [1.54, 1.807) is 6.92 Å². The quantitative estimate of drug-likeness (QED) is 0.391. The maximum Gasteiger partial charge on any atom is 0.357 e. The Balaban J connectivity index is 3.44. The van der Waals surface area contributed by atoms with E-state index >= 15 is 0 Å². The molecule has 1 aromatic rings. The minimum atomic E-state index is -4.80. The van der Waals surface area contributed by atoms with Crippen LogP contribution in [0.1, 0.15) is 6.92 Å². The van der Waals surface area contributed by atoms with Gasteiger partial charge in [-0.25, -0.2) is 0 Å². The van der Waals surface area contributed by atoms with Crippen LogP contribution in [0.5, 0.6) is 0 Å². The number of hydrogen-bond donors (Lipinski definition) is 5. The van der Waals surface area contributed by atoms with Crippen molar-refractivity contribution >= 4 is 48.7 Å². The minimum absolute atomic E-state index is 0.248. The van der Waals surface area contributed by atoms with E-state index in [4.69, 9.17) is 31.8 Å². The molecule has 0 aliphatic rings. The predicted molar refractivity (Wildman–Crippen MR) is 71.7 cm³/mol. The van der Waals surface area contributed by atoms with Crippen molar-refractivity contribution in [3.63, 3.8) is 0 Å². The van der Waals surface area contributed by atoms with Crippen molar-refractivity contribution < 1.29 is 28.7 Å². The molecule has 0 aliphatic carbocycles. The summed E-state index contributed by atoms with van der Waals surface area (Å²) in [5, 5.41) is 1.23. The molecule has 0 bridgehead atoms. The maximum atomic E-state index is 11.2. The molecule has 5 N–H and O–H groups in total. The normalized spacial score (nSPS) is 12.3. The van der Waals surface area contributed by atoms with Gasteiger partial charge < -0.3 is 24.9 Å². The van der Waals surface area contributed by atoms with Gasteiger partial charge in [-0.05, 0) is 25.1 Å². The molecule has 7 nitrogen and oxygen atoms in total. The van der Waals surface area contributed by atoms with Gasteiger partial charge in [0.15, 0.2) is 0 Å². The van der Waals surface area contributed by atoms with E-state index in [1.807, 2.05) is 0 Å². The van der Waals surface area contributed by atoms with Gasteiger partial charge in [0.05, 0.1) is 15.6 Å². The molecule has 0 aromatic heterocycles. The number of thiocarbonyl (C=S) groups is 1. The van der Waals surface area contributed by atoms with Gasteiger partial charge in [-0.15, -0.1) is 0 Å². The Morgan fingerprint density at radius 2 is 1.61 bits per heavy atom. The third kappa shape index (κ3) is 3.96. The summed E-state index contributed by atoms with van der Waals surface area (Å²) in [5.74, 6) is 0. The fraction of sp³-hybridized carbons (Fsp3) is 0.125. The van der Waals surface area contributed by atoms with Crippen LogP contribution in [0.15, 0.2) is 18.2 Å². The smallest absolute Gasteiger partial charge is 0.350 e. The first-order valence-electron chi connectivity index (χ1n) is 4.55. The van der Waals surface area contributed by atoms with Crippen LogP contribution in [0.4, 0.5) is 5.69 Å². The van der Waals surface area contributed by atoms with Crippen molar-refractivity contribution in [3.8, 4) is 0 Å². The van der Waals surface area contributed by atoms with Gasteiger partial charge in [0.1, 0.15) is 0 Å². The Bertz CT molecular complexity index is 577. The van der Waals surface area contributed by atoms with E-state index in [1.165, 1.54) is 6.07 Å². The molecule has 0 saturated heterocycles. The summed E-state index contributed by atoms with van der Waals surface area (Å²) in [5.41, 5.74) is 0.248. The lowest BCUT2D eigenvalue weighted by Gasteiger charge is -2.14. The standard InChI is InChI=1S/C8H11NO6P2S/c1-5(18)9-6-2-3-7(16(10,11)12)8(4-6)17(13,14)15/h2-4H,1H3,(H,9,18)(H2,10,11,12)(H2,13,14,15). The third-order valence-corrected chi connectivity index (χ3v) is 4.22. The number of hydrogen-bond acceptors (Lipinski definition) is 3. The molecule has 0 atom stereocenters. The lowest BCUT2D eigenvalue weighted by Crippen LogP contribution is -2.25. The molecule has 0 aliphatic heterocycles. The van der Waals surface area contributed by atoms with Crippen molar-refractivity contribution in [3.05, 3.63) is 18.2 Å². The zero-order chi connectivity index (χ0) is 14.1. The number of benzene rings is 1. The highest BCUT2D eigenvalue weighted by atomic mass is 32.1. The second kappa shape index (κ2) is 5.19. The van der Waals surface area contributed by atoms with Crippen LogP contribution < -0.4 is 15.9 Å². The van der Waals surface area contributed by atoms with Crippen LogP contribution in [0.25, 0.3) is 0 Å². The summed E-state index contributed by atoms with van der Waals surface area (Å²) in [7, 11) is -9.56. The van der Waals surface area contributed by atoms with E-state index in [2.05, 4.69) is 5.32 Å². The first-order valence-corrected chi connectivity index (χ1v) is 8.19. The molecule has 0 fully saturated rings. The fourth-order valence-corrected chi connectivity index (χ4v) is 3.50. The maximum absolute atomic E-state index is 11.2. The summed E-state index contributed by atoms with van der Waals surface area (Å²) in [6.45, 7) is 1.56. The zero-order valence-corrected chi connectivity index (χ0v) is 11.7. The topological polar surface area (TPSA) is 127 Å². The van der Waals surface area contributed by atoms with Crippen molar-refractivity contribution in [1.29, 1.82) is 0 Å². The van der Waals surface area contributed by atoms with Crippen molar-refractivity contribution in [1.82, 2.24) is 0 Å². The second-order valence-corrected chi connectivity index (χ2v) is 7.22. The molecule has 0 spiro atoms. The lowest BCUT2D eigenvalue weighted by atomic mass is 10.3. The first kappa shape index (κ1) is 15.5. The molecule has 0 heterocycles. The Kier molecular flexibility index (Phi) is 4.46. The molecule has 18 heavy (non-hydrogen) atoms. The highest BCUT2D eigenvalue weighted by Crippen LogP contribution is 2.40. The highest BCUT2D eigenvalue weighted by molar-refractivity contribution is 7.80. The van der Waals surface area contributed by atoms with E-state index in [0.29, 0.717) is 4.99 Å². The summed E-state index contributed by atoms with van der Waals surface area (Å²) in [4.78, 5) is 36.6. The average Bonchev–Trinajstić information content (AvgIpc) is 2.13. The van der Waals surface area contributed by atoms with Crippen molar-refractivity contribution in [2.75, 3.05) is 5.32 Å². The molecule has 0 saturated carbocycles. The summed E-state index contributed by atoms with van der Waals surface area (Å²) < 4.78 is 22.4. The second-order valence-electron chi connectivity index (χ2n) is 3.47. The molecule has 0 amide bonds. The molecule has 0 unspecified atom stereocenters. The summed E-state index contributed by atoms with van der Waals surface area (Å²) in [6.07, 6.45) is 0. The first-order chi connectivity index (χ1) is 8.01. The van der Waals surface area contributed by atoms with Crippen LogP contribution in [-0.2, 0) is 9.13 Å². The molecule has 1 aromatic carbocycles. The van der Waals surface area contributed by atoms with E-state index in [0.717, 1.165) is 12.1 Å². The molecular formula is C8H11NO6P2S. The van der Waals surface area contributed by atoms with Gasteiger partial charge in [-0.3, -0.25) is 9.13 Å². The summed E-state index contributed by atoms with van der Waals surface area (Å²) in [6, 6.07) is 3.23. The molecule has 0 radical (unpaired) electrons. The largest absolute Gasteiger partial charge is 0.357 e.